The van der Waals surface area contributed by atoms with Crippen LogP contribution in [0.15, 0.2) is 30.3 Å². The topological polar surface area (TPSA) is 89.9 Å². The Hall–Kier alpha value is -2.08. The normalized spacial score (nSPS) is 11.7. The predicted octanol–water partition coefficient (Wildman–Crippen LogP) is 1.10. The fourth-order valence-electron chi connectivity index (χ4n) is 1.92. The van der Waals surface area contributed by atoms with Gasteiger partial charge in [0, 0.05) is 33.0 Å². The number of carboxylic acid groups (broad SMARTS) is 1. The van der Waals surface area contributed by atoms with Crippen molar-refractivity contribution >= 4 is 12.0 Å². The van der Waals surface area contributed by atoms with Crippen molar-refractivity contribution in [2.24, 2.45) is 0 Å². The van der Waals surface area contributed by atoms with E-state index in [4.69, 9.17) is 5.11 Å². The number of carbonyl (C=O) groups excluding carboxylic acids is 1. The molecule has 6 nitrogen and oxygen atoms in total. The van der Waals surface area contributed by atoms with Crippen LogP contribution in [-0.2, 0) is 11.2 Å². The van der Waals surface area contributed by atoms with Gasteiger partial charge in [0.2, 0.25) is 0 Å². The van der Waals surface area contributed by atoms with Crippen LogP contribution in [0.1, 0.15) is 18.4 Å². The lowest BCUT2D eigenvalue weighted by Gasteiger charge is -2.21. The molecule has 116 valence electrons. The van der Waals surface area contributed by atoms with E-state index in [2.05, 4.69) is 5.32 Å². The Kier molecular flexibility index (Phi) is 7.25. The molecule has 0 aliphatic carbocycles. The number of urea groups is 1. The summed E-state index contributed by atoms with van der Waals surface area (Å²) in [5, 5.41) is 21.1. The highest BCUT2D eigenvalue weighted by molar-refractivity contribution is 5.74. The zero-order valence-electron chi connectivity index (χ0n) is 12.2. The van der Waals surface area contributed by atoms with E-state index < -0.39 is 12.1 Å². The highest BCUT2D eigenvalue weighted by Gasteiger charge is 2.13. The first kappa shape index (κ1) is 17.0. The number of carboxylic acids is 1. The van der Waals surface area contributed by atoms with Gasteiger partial charge in [-0.3, -0.25) is 4.79 Å². The summed E-state index contributed by atoms with van der Waals surface area (Å²) in [4.78, 5) is 23.5. The number of carbonyl (C=O) groups is 2. The molecule has 2 amide bonds. The molecular formula is C15H22N2O4. The highest BCUT2D eigenvalue weighted by atomic mass is 16.4. The Morgan fingerprint density at radius 3 is 2.57 bits per heavy atom. The zero-order chi connectivity index (χ0) is 15.7. The second-order valence-electron chi connectivity index (χ2n) is 4.95. The van der Waals surface area contributed by atoms with Crippen LogP contribution >= 0.6 is 0 Å². The van der Waals surface area contributed by atoms with Crippen molar-refractivity contribution in [1.29, 1.82) is 0 Å². The fourth-order valence-corrected chi connectivity index (χ4v) is 1.92. The van der Waals surface area contributed by atoms with Crippen LogP contribution in [0.4, 0.5) is 4.79 Å². The summed E-state index contributed by atoms with van der Waals surface area (Å²) in [6.45, 7) is 0.532. The minimum absolute atomic E-state index is 0.0284. The van der Waals surface area contributed by atoms with E-state index in [0.717, 1.165) is 5.56 Å². The maximum absolute atomic E-state index is 11.7. The molecule has 0 spiro atoms. The smallest absolute Gasteiger partial charge is 0.317 e. The van der Waals surface area contributed by atoms with E-state index in [1.165, 1.54) is 4.90 Å². The molecule has 0 aliphatic rings. The van der Waals surface area contributed by atoms with E-state index in [-0.39, 0.29) is 19.0 Å². The summed E-state index contributed by atoms with van der Waals surface area (Å²) in [6, 6.07) is 9.26. The van der Waals surface area contributed by atoms with Crippen molar-refractivity contribution in [3.63, 3.8) is 0 Å². The molecule has 1 aromatic carbocycles. The standard InChI is InChI=1S/C15H22N2O4/c1-17(15(21)16-9-5-8-14(19)20)11-13(18)10-12-6-3-2-4-7-12/h2-4,6-7,13,18H,5,8-11H2,1H3,(H,16,21)(H,19,20). The Bertz CT molecular complexity index is 450. The van der Waals surface area contributed by atoms with Crippen molar-refractivity contribution < 1.29 is 19.8 Å². The Balaban J connectivity index is 2.26. The first-order valence-electron chi connectivity index (χ1n) is 6.91. The van der Waals surface area contributed by atoms with Crippen LogP contribution in [0, 0.1) is 0 Å². The molecular weight excluding hydrogens is 272 g/mol. The van der Waals surface area contributed by atoms with Gasteiger partial charge in [-0.1, -0.05) is 30.3 Å². The van der Waals surface area contributed by atoms with Crippen molar-refractivity contribution in [2.75, 3.05) is 20.1 Å². The van der Waals surface area contributed by atoms with Gasteiger partial charge in [0.05, 0.1) is 6.10 Å². The second-order valence-corrected chi connectivity index (χ2v) is 4.95. The Morgan fingerprint density at radius 2 is 1.95 bits per heavy atom. The maximum atomic E-state index is 11.7. The van der Waals surface area contributed by atoms with Gasteiger partial charge in [-0.15, -0.1) is 0 Å². The molecule has 0 radical (unpaired) electrons. The number of amides is 2. The number of aliphatic hydroxyl groups excluding tert-OH is 1. The average molecular weight is 294 g/mol. The van der Waals surface area contributed by atoms with E-state index >= 15 is 0 Å². The van der Waals surface area contributed by atoms with Crippen LogP contribution in [0.25, 0.3) is 0 Å². The molecule has 0 bridgehead atoms. The summed E-state index contributed by atoms with van der Waals surface area (Å²) < 4.78 is 0. The number of benzene rings is 1. The number of nitrogens with zero attached hydrogens (tertiary/aromatic N) is 1. The van der Waals surface area contributed by atoms with Crippen LogP contribution in [0.5, 0.6) is 0 Å². The first-order chi connectivity index (χ1) is 9.99. The lowest BCUT2D eigenvalue weighted by atomic mass is 10.1. The van der Waals surface area contributed by atoms with Crippen molar-refractivity contribution in [3.8, 4) is 0 Å². The van der Waals surface area contributed by atoms with Crippen LogP contribution in [0.3, 0.4) is 0 Å². The largest absolute Gasteiger partial charge is 0.481 e. The highest BCUT2D eigenvalue weighted by Crippen LogP contribution is 2.04. The molecule has 1 aromatic rings. The van der Waals surface area contributed by atoms with E-state index in [0.29, 0.717) is 19.4 Å². The van der Waals surface area contributed by atoms with E-state index in [1.807, 2.05) is 30.3 Å². The molecule has 1 rings (SSSR count). The van der Waals surface area contributed by atoms with Crippen LogP contribution < -0.4 is 5.32 Å². The molecule has 3 N–H and O–H groups in total. The molecule has 6 heteroatoms. The molecule has 0 aromatic heterocycles. The van der Waals surface area contributed by atoms with Crippen LogP contribution in [-0.4, -0.2) is 53.4 Å². The molecule has 21 heavy (non-hydrogen) atoms. The quantitative estimate of drug-likeness (QED) is 0.626. The number of likely N-dealkylation sites (N-methyl/N-ethyl adjacent to an activating group) is 1. The third kappa shape index (κ3) is 7.31. The summed E-state index contributed by atoms with van der Waals surface area (Å²) in [6.07, 6.45) is 0.265. The SMILES string of the molecule is CN(CC(O)Cc1ccccc1)C(=O)NCCCC(=O)O. The van der Waals surface area contributed by atoms with Crippen LogP contribution in [0.2, 0.25) is 0 Å². The molecule has 0 heterocycles. The summed E-state index contributed by atoms with van der Waals surface area (Å²) >= 11 is 0. The third-order valence-corrected chi connectivity index (χ3v) is 2.99. The van der Waals surface area contributed by atoms with Gasteiger partial charge >= 0.3 is 12.0 Å². The van der Waals surface area contributed by atoms with Gasteiger partial charge in [-0.05, 0) is 12.0 Å². The van der Waals surface area contributed by atoms with Gasteiger partial charge in [0.25, 0.3) is 0 Å². The second kappa shape index (κ2) is 8.97. The monoisotopic (exact) mass is 294 g/mol. The molecule has 0 fully saturated rings. The number of rotatable bonds is 8. The Morgan fingerprint density at radius 1 is 1.29 bits per heavy atom. The van der Waals surface area contributed by atoms with E-state index in [1.54, 1.807) is 7.05 Å². The zero-order valence-corrected chi connectivity index (χ0v) is 12.2. The summed E-state index contributed by atoms with van der Waals surface area (Å²) in [5.74, 6) is -0.879. The lowest BCUT2D eigenvalue weighted by molar-refractivity contribution is -0.137. The fraction of sp³-hybridized carbons (Fsp3) is 0.467. The Labute approximate surface area is 124 Å². The van der Waals surface area contributed by atoms with Crippen molar-refractivity contribution in [1.82, 2.24) is 10.2 Å². The van der Waals surface area contributed by atoms with Crippen molar-refractivity contribution in [3.05, 3.63) is 35.9 Å². The molecule has 0 saturated carbocycles. The maximum Gasteiger partial charge on any atom is 0.317 e. The summed E-state index contributed by atoms with van der Waals surface area (Å²) in [5.41, 5.74) is 1.01. The van der Waals surface area contributed by atoms with Gasteiger partial charge < -0.3 is 20.4 Å². The third-order valence-electron chi connectivity index (χ3n) is 2.99. The molecule has 1 unspecified atom stereocenters. The molecule has 0 aliphatic heterocycles. The lowest BCUT2D eigenvalue weighted by Crippen LogP contribution is -2.42. The number of hydrogen-bond acceptors (Lipinski definition) is 3. The predicted molar refractivity (Wildman–Crippen MR) is 79.1 cm³/mol. The molecule has 0 saturated heterocycles. The number of nitrogens with one attached hydrogen (secondary N) is 1. The van der Waals surface area contributed by atoms with Gasteiger partial charge in [-0.25, -0.2) is 4.79 Å². The van der Waals surface area contributed by atoms with E-state index in [9.17, 15) is 14.7 Å². The van der Waals surface area contributed by atoms with Gasteiger partial charge in [-0.2, -0.15) is 0 Å². The number of aliphatic hydroxyl groups is 1. The minimum atomic E-state index is -0.879. The van der Waals surface area contributed by atoms with Gasteiger partial charge in [0.15, 0.2) is 0 Å². The molecule has 1 atom stereocenters. The minimum Gasteiger partial charge on any atom is -0.481 e. The number of hydrogen-bond donors (Lipinski definition) is 3. The van der Waals surface area contributed by atoms with Crippen molar-refractivity contribution in [2.45, 2.75) is 25.4 Å². The van der Waals surface area contributed by atoms with Gasteiger partial charge in [0.1, 0.15) is 0 Å². The average Bonchev–Trinajstić information content (AvgIpc) is 2.44. The number of aliphatic carboxylic acids is 1. The first-order valence-corrected chi connectivity index (χ1v) is 6.91. The summed E-state index contributed by atoms with van der Waals surface area (Å²) in [7, 11) is 1.60.